The fourth-order valence-corrected chi connectivity index (χ4v) is 3.90. The third-order valence-corrected chi connectivity index (χ3v) is 5.38. The summed E-state index contributed by atoms with van der Waals surface area (Å²) in [7, 11) is 1.66. The van der Waals surface area contributed by atoms with E-state index in [-0.39, 0.29) is 18.8 Å². The number of hydrogen-bond acceptors (Lipinski definition) is 3. The van der Waals surface area contributed by atoms with Gasteiger partial charge < -0.3 is 15.2 Å². The predicted molar refractivity (Wildman–Crippen MR) is 92.7 cm³/mol. The SMILES string of the molecule is CN=C(NCc1nnc2n1CCCC2)NCC1CCCC(C(F)(F)F)C1. The molecule has 0 bridgehead atoms. The molecule has 0 saturated heterocycles. The molecule has 2 heterocycles. The average Bonchev–Trinajstić information content (AvgIpc) is 3.05. The molecule has 146 valence electrons. The van der Waals surface area contributed by atoms with Crippen LogP contribution < -0.4 is 10.6 Å². The van der Waals surface area contributed by atoms with Crippen LogP contribution in [0.3, 0.4) is 0 Å². The van der Waals surface area contributed by atoms with Crippen molar-refractivity contribution in [1.82, 2.24) is 25.4 Å². The number of fused-ring (bicyclic) bond motifs is 1. The lowest BCUT2D eigenvalue weighted by molar-refractivity contribution is -0.185. The summed E-state index contributed by atoms with van der Waals surface area (Å²) in [6.45, 7) is 1.94. The van der Waals surface area contributed by atoms with E-state index < -0.39 is 12.1 Å². The standard InChI is InChI=1S/C17H27F3N6/c1-21-16(22-10-12-5-4-6-13(9-12)17(18,19)20)23-11-15-25-24-14-7-2-3-8-26(14)15/h12-13H,2-11H2,1H3,(H2,21,22,23). The third-order valence-electron chi connectivity index (χ3n) is 5.38. The number of nitrogens with zero attached hydrogens (tertiary/aromatic N) is 4. The quantitative estimate of drug-likeness (QED) is 0.630. The summed E-state index contributed by atoms with van der Waals surface area (Å²) in [5.41, 5.74) is 0. The van der Waals surface area contributed by atoms with E-state index in [1.54, 1.807) is 7.05 Å². The van der Waals surface area contributed by atoms with Crippen LogP contribution in [0, 0.1) is 11.8 Å². The topological polar surface area (TPSA) is 67.1 Å². The van der Waals surface area contributed by atoms with E-state index in [2.05, 4.69) is 30.4 Å². The van der Waals surface area contributed by atoms with Crippen molar-refractivity contribution >= 4 is 5.96 Å². The summed E-state index contributed by atoms with van der Waals surface area (Å²) >= 11 is 0. The molecule has 1 aliphatic heterocycles. The molecule has 0 amide bonds. The lowest BCUT2D eigenvalue weighted by Crippen LogP contribution is -2.41. The molecule has 2 unspecified atom stereocenters. The maximum absolute atomic E-state index is 12.9. The third kappa shape index (κ3) is 4.67. The van der Waals surface area contributed by atoms with Crippen molar-refractivity contribution in [3.63, 3.8) is 0 Å². The van der Waals surface area contributed by atoms with Crippen LogP contribution in [0.5, 0.6) is 0 Å². The van der Waals surface area contributed by atoms with Gasteiger partial charge in [-0.1, -0.05) is 6.42 Å². The van der Waals surface area contributed by atoms with Gasteiger partial charge >= 0.3 is 6.18 Å². The first-order chi connectivity index (χ1) is 12.5. The molecule has 6 nitrogen and oxygen atoms in total. The van der Waals surface area contributed by atoms with Gasteiger partial charge in [-0.05, 0) is 38.0 Å². The summed E-state index contributed by atoms with van der Waals surface area (Å²) in [5, 5.41) is 14.8. The Labute approximate surface area is 151 Å². The summed E-state index contributed by atoms with van der Waals surface area (Å²) in [4.78, 5) is 4.17. The summed E-state index contributed by atoms with van der Waals surface area (Å²) in [5.74, 6) is 1.34. The highest BCUT2D eigenvalue weighted by molar-refractivity contribution is 5.79. The number of aryl methyl sites for hydroxylation is 1. The molecule has 1 fully saturated rings. The van der Waals surface area contributed by atoms with Crippen LogP contribution in [0.25, 0.3) is 0 Å². The zero-order valence-corrected chi connectivity index (χ0v) is 15.1. The van der Waals surface area contributed by atoms with Crippen LogP contribution in [-0.4, -0.2) is 40.5 Å². The molecule has 9 heteroatoms. The molecule has 26 heavy (non-hydrogen) atoms. The molecular formula is C17H27F3N6. The first-order valence-electron chi connectivity index (χ1n) is 9.39. The van der Waals surface area contributed by atoms with Crippen LogP contribution in [0.1, 0.15) is 50.2 Å². The molecule has 1 aromatic rings. The van der Waals surface area contributed by atoms with Crippen LogP contribution in [0.2, 0.25) is 0 Å². The summed E-state index contributed by atoms with van der Waals surface area (Å²) < 4.78 is 40.9. The number of aromatic nitrogens is 3. The van der Waals surface area contributed by atoms with E-state index >= 15 is 0 Å². The van der Waals surface area contributed by atoms with Crippen LogP contribution in [0.4, 0.5) is 13.2 Å². The first kappa shape index (κ1) is 19.0. The van der Waals surface area contributed by atoms with E-state index in [0.29, 0.717) is 25.5 Å². The van der Waals surface area contributed by atoms with Gasteiger partial charge in [-0.2, -0.15) is 13.2 Å². The van der Waals surface area contributed by atoms with Crippen LogP contribution >= 0.6 is 0 Å². The zero-order chi connectivity index (χ0) is 18.6. The number of hydrogen-bond donors (Lipinski definition) is 2. The Balaban J connectivity index is 1.47. The maximum Gasteiger partial charge on any atom is 0.391 e. The minimum Gasteiger partial charge on any atom is -0.356 e. The van der Waals surface area contributed by atoms with Gasteiger partial charge in [0.2, 0.25) is 0 Å². The van der Waals surface area contributed by atoms with E-state index in [1.807, 2.05) is 0 Å². The lowest BCUT2D eigenvalue weighted by atomic mass is 9.81. The van der Waals surface area contributed by atoms with E-state index in [4.69, 9.17) is 0 Å². The van der Waals surface area contributed by atoms with Gasteiger partial charge in [0.25, 0.3) is 0 Å². The Morgan fingerprint density at radius 1 is 1.19 bits per heavy atom. The van der Waals surface area contributed by atoms with E-state index in [0.717, 1.165) is 43.9 Å². The van der Waals surface area contributed by atoms with Crippen LogP contribution in [0.15, 0.2) is 4.99 Å². The number of rotatable bonds is 4. The molecule has 3 rings (SSSR count). The molecule has 1 aromatic heterocycles. The van der Waals surface area contributed by atoms with Crippen molar-refractivity contribution < 1.29 is 13.2 Å². The van der Waals surface area contributed by atoms with Crippen molar-refractivity contribution in [1.29, 1.82) is 0 Å². The van der Waals surface area contributed by atoms with Crippen molar-refractivity contribution in [2.75, 3.05) is 13.6 Å². The second kappa shape index (κ2) is 8.26. The monoisotopic (exact) mass is 372 g/mol. The van der Waals surface area contributed by atoms with Gasteiger partial charge in [-0.25, -0.2) is 0 Å². The molecular weight excluding hydrogens is 345 g/mol. The van der Waals surface area contributed by atoms with Gasteiger partial charge in [-0.15, -0.1) is 10.2 Å². The number of halogens is 3. The highest BCUT2D eigenvalue weighted by Gasteiger charge is 2.42. The molecule has 2 aliphatic rings. The van der Waals surface area contributed by atoms with Crippen molar-refractivity contribution in [2.24, 2.45) is 16.8 Å². The molecule has 1 aliphatic carbocycles. The number of aliphatic imine (C=N–C) groups is 1. The van der Waals surface area contributed by atoms with Gasteiger partial charge in [0.05, 0.1) is 12.5 Å². The number of guanidine groups is 1. The Morgan fingerprint density at radius 2 is 2.04 bits per heavy atom. The lowest BCUT2D eigenvalue weighted by Gasteiger charge is -2.30. The first-order valence-corrected chi connectivity index (χ1v) is 9.39. The second-order valence-electron chi connectivity index (χ2n) is 7.22. The minimum absolute atomic E-state index is 0.0229. The normalized spacial score (nSPS) is 24.2. The largest absolute Gasteiger partial charge is 0.391 e. The number of alkyl halides is 3. The Kier molecular flexibility index (Phi) is 6.03. The molecule has 0 spiro atoms. The molecule has 0 radical (unpaired) electrons. The maximum atomic E-state index is 12.9. The molecule has 2 N–H and O–H groups in total. The van der Waals surface area contributed by atoms with E-state index in [9.17, 15) is 13.2 Å². The average molecular weight is 372 g/mol. The second-order valence-corrected chi connectivity index (χ2v) is 7.22. The van der Waals surface area contributed by atoms with Gasteiger partial charge in [0.15, 0.2) is 11.8 Å². The molecule has 2 atom stereocenters. The van der Waals surface area contributed by atoms with Crippen molar-refractivity contribution in [3.05, 3.63) is 11.6 Å². The highest BCUT2D eigenvalue weighted by atomic mass is 19.4. The van der Waals surface area contributed by atoms with Gasteiger partial charge in [0, 0.05) is 26.6 Å². The Bertz CT molecular complexity index is 625. The fraction of sp³-hybridized carbons (Fsp3) is 0.824. The Hall–Kier alpha value is -1.80. The number of nitrogens with one attached hydrogen (secondary N) is 2. The summed E-state index contributed by atoms with van der Waals surface area (Å²) in [6, 6.07) is 0. The minimum atomic E-state index is -4.08. The zero-order valence-electron chi connectivity index (χ0n) is 15.1. The van der Waals surface area contributed by atoms with Crippen LogP contribution in [-0.2, 0) is 19.5 Å². The predicted octanol–water partition coefficient (Wildman–Crippen LogP) is 2.65. The fourth-order valence-electron chi connectivity index (χ4n) is 3.90. The van der Waals surface area contributed by atoms with Gasteiger partial charge in [0.1, 0.15) is 5.82 Å². The highest BCUT2D eigenvalue weighted by Crippen LogP contribution is 2.39. The van der Waals surface area contributed by atoms with E-state index in [1.165, 1.54) is 0 Å². The van der Waals surface area contributed by atoms with Gasteiger partial charge in [-0.3, -0.25) is 4.99 Å². The molecule has 0 aromatic carbocycles. The van der Waals surface area contributed by atoms with Crippen molar-refractivity contribution in [3.8, 4) is 0 Å². The summed E-state index contributed by atoms with van der Waals surface area (Å²) in [6.07, 6.45) is 1.08. The smallest absolute Gasteiger partial charge is 0.356 e. The van der Waals surface area contributed by atoms with Crippen molar-refractivity contribution in [2.45, 2.75) is 64.2 Å². The Morgan fingerprint density at radius 3 is 2.81 bits per heavy atom. The molecule has 1 saturated carbocycles.